The fourth-order valence-corrected chi connectivity index (χ4v) is 2.26. The number of benzene rings is 2. The standard InChI is InChI=1S/C20H24N2O2S/c1-14(2)13-24-18-6-4-5-17(11-18)19(23)22-20(25)21-12-16-9-7-15(3)8-10-16/h4-11,14H,12-13H2,1-3H3,(H2,21,22,23,25). The van der Waals surface area contributed by atoms with Crippen LogP contribution in [0.4, 0.5) is 0 Å². The lowest BCUT2D eigenvalue weighted by molar-refractivity contribution is 0.0976. The van der Waals surface area contributed by atoms with Crippen LogP contribution in [0, 0.1) is 12.8 Å². The van der Waals surface area contributed by atoms with E-state index in [0.29, 0.717) is 35.5 Å². The zero-order chi connectivity index (χ0) is 18.2. The third-order valence-electron chi connectivity index (χ3n) is 3.48. The van der Waals surface area contributed by atoms with Crippen LogP contribution >= 0.6 is 12.2 Å². The number of carbonyl (C=O) groups excluding carboxylic acids is 1. The molecule has 0 unspecified atom stereocenters. The average molecular weight is 356 g/mol. The molecule has 0 radical (unpaired) electrons. The van der Waals surface area contributed by atoms with Gasteiger partial charge in [0.2, 0.25) is 0 Å². The number of hydrogen-bond donors (Lipinski definition) is 2. The number of amides is 1. The van der Waals surface area contributed by atoms with Gasteiger partial charge in [-0.1, -0.05) is 49.7 Å². The van der Waals surface area contributed by atoms with E-state index in [2.05, 4.69) is 24.5 Å². The molecule has 0 fully saturated rings. The summed E-state index contributed by atoms with van der Waals surface area (Å²) < 4.78 is 5.65. The van der Waals surface area contributed by atoms with Crippen molar-refractivity contribution in [2.45, 2.75) is 27.3 Å². The van der Waals surface area contributed by atoms with Gasteiger partial charge in [0.05, 0.1) is 6.61 Å². The van der Waals surface area contributed by atoms with Gasteiger partial charge in [0.15, 0.2) is 5.11 Å². The molecule has 5 heteroatoms. The van der Waals surface area contributed by atoms with Crippen molar-refractivity contribution in [2.24, 2.45) is 5.92 Å². The quantitative estimate of drug-likeness (QED) is 0.772. The van der Waals surface area contributed by atoms with Crippen LogP contribution in [0.1, 0.15) is 35.3 Å². The van der Waals surface area contributed by atoms with Gasteiger partial charge in [-0.3, -0.25) is 10.1 Å². The van der Waals surface area contributed by atoms with Crippen LogP contribution in [0.3, 0.4) is 0 Å². The Morgan fingerprint density at radius 2 is 1.88 bits per heavy atom. The molecule has 0 atom stereocenters. The Bertz CT molecular complexity index is 727. The lowest BCUT2D eigenvalue weighted by Gasteiger charge is -2.12. The van der Waals surface area contributed by atoms with Gasteiger partial charge >= 0.3 is 0 Å². The van der Waals surface area contributed by atoms with Crippen LogP contribution in [-0.4, -0.2) is 17.6 Å². The van der Waals surface area contributed by atoms with E-state index in [0.717, 1.165) is 5.56 Å². The highest BCUT2D eigenvalue weighted by atomic mass is 32.1. The van der Waals surface area contributed by atoms with Crippen molar-refractivity contribution in [1.82, 2.24) is 10.6 Å². The first kappa shape index (κ1) is 18.9. The molecular weight excluding hydrogens is 332 g/mol. The molecule has 4 nitrogen and oxygen atoms in total. The summed E-state index contributed by atoms with van der Waals surface area (Å²) in [5, 5.41) is 6.04. The Morgan fingerprint density at radius 1 is 1.16 bits per heavy atom. The van der Waals surface area contributed by atoms with Crippen LogP contribution in [0.5, 0.6) is 5.75 Å². The number of rotatable bonds is 6. The first-order valence-corrected chi connectivity index (χ1v) is 8.72. The summed E-state index contributed by atoms with van der Waals surface area (Å²) in [5.41, 5.74) is 2.83. The zero-order valence-electron chi connectivity index (χ0n) is 14.8. The molecule has 0 heterocycles. The van der Waals surface area contributed by atoms with Crippen LogP contribution < -0.4 is 15.4 Å². The van der Waals surface area contributed by atoms with Gasteiger partial charge in [0.1, 0.15) is 5.75 Å². The van der Waals surface area contributed by atoms with Gasteiger partial charge in [0.25, 0.3) is 5.91 Å². The van der Waals surface area contributed by atoms with E-state index >= 15 is 0 Å². The molecule has 2 rings (SSSR count). The van der Waals surface area contributed by atoms with Crippen molar-refractivity contribution in [1.29, 1.82) is 0 Å². The molecule has 0 saturated carbocycles. The Hall–Kier alpha value is -2.40. The van der Waals surface area contributed by atoms with Crippen molar-refractivity contribution in [2.75, 3.05) is 6.61 Å². The molecular formula is C20H24N2O2S. The molecule has 0 aliphatic carbocycles. The maximum Gasteiger partial charge on any atom is 0.257 e. The first-order valence-electron chi connectivity index (χ1n) is 8.31. The molecule has 0 aliphatic rings. The molecule has 0 aromatic heterocycles. The summed E-state index contributed by atoms with van der Waals surface area (Å²) in [6, 6.07) is 15.2. The van der Waals surface area contributed by atoms with E-state index in [1.807, 2.05) is 37.3 Å². The largest absolute Gasteiger partial charge is 0.493 e. The summed E-state index contributed by atoms with van der Waals surface area (Å²) in [4.78, 5) is 12.3. The predicted molar refractivity (Wildman–Crippen MR) is 105 cm³/mol. The Labute approximate surface area is 154 Å². The summed E-state index contributed by atoms with van der Waals surface area (Å²) in [7, 11) is 0. The first-order chi connectivity index (χ1) is 11.9. The Balaban J connectivity index is 1.87. The highest BCUT2D eigenvalue weighted by Gasteiger charge is 2.09. The van der Waals surface area contributed by atoms with Crippen LogP contribution in [0.25, 0.3) is 0 Å². The fourth-order valence-electron chi connectivity index (χ4n) is 2.10. The van der Waals surface area contributed by atoms with E-state index < -0.39 is 0 Å². The molecule has 2 aromatic rings. The number of aryl methyl sites for hydroxylation is 1. The van der Waals surface area contributed by atoms with Gasteiger partial charge in [-0.05, 0) is 48.8 Å². The highest BCUT2D eigenvalue weighted by Crippen LogP contribution is 2.14. The minimum atomic E-state index is -0.253. The number of hydrogen-bond acceptors (Lipinski definition) is 3. The predicted octanol–water partition coefficient (Wildman–Crippen LogP) is 3.83. The SMILES string of the molecule is Cc1ccc(CNC(=S)NC(=O)c2cccc(OCC(C)C)c2)cc1. The summed E-state index contributed by atoms with van der Waals surface area (Å²) in [6.07, 6.45) is 0. The maximum absolute atomic E-state index is 12.3. The molecule has 2 aromatic carbocycles. The van der Waals surface area contributed by atoms with Gasteiger partial charge in [-0.25, -0.2) is 0 Å². The molecule has 132 valence electrons. The second-order valence-corrected chi connectivity index (χ2v) is 6.76. The fraction of sp³-hybridized carbons (Fsp3) is 0.300. The molecule has 0 saturated heterocycles. The van der Waals surface area contributed by atoms with E-state index in [4.69, 9.17) is 17.0 Å². The van der Waals surface area contributed by atoms with E-state index in [1.54, 1.807) is 18.2 Å². The lowest BCUT2D eigenvalue weighted by atomic mass is 10.1. The smallest absolute Gasteiger partial charge is 0.257 e. The highest BCUT2D eigenvalue weighted by molar-refractivity contribution is 7.80. The molecule has 2 N–H and O–H groups in total. The number of carbonyl (C=O) groups is 1. The second-order valence-electron chi connectivity index (χ2n) is 6.36. The van der Waals surface area contributed by atoms with Crippen molar-refractivity contribution < 1.29 is 9.53 Å². The normalized spacial score (nSPS) is 10.4. The van der Waals surface area contributed by atoms with Crippen LogP contribution in [0.2, 0.25) is 0 Å². The summed E-state index contributed by atoms with van der Waals surface area (Å²) >= 11 is 5.20. The van der Waals surface area contributed by atoms with E-state index in [-0.39, 0.29) is 5.91 Å². The molecule has 0 spiro atoms. The topological polar surface area (TPSA) is 50.4 Å². The van der Waals surface area contributed by atoms with Crippen molar-refractivity contribution >= 4 is 23.2 Å². The maximum atomic E-state index is 12.3. The molecule has 1 amide bonds. The van der Waals surface area contributed by atoms with Gasteiger partial charge in [0, 0.05) is 12.1 Å². The average Bonchev–Trinajstić information content (AvgIpc) is 2.59. The third kappa shape index (κ3) is 6.55. The Morgan fingerprint density at radius 3 is 2.56 bits per heavy atom. The Kier molecular flexibility index (Phi) is 6.95. The van der Waals surface area contributed by atoms with Crippen LogP contribution in [0.15, 0.2) is 48.5 Å². The van der Waals surface area contributed by atoms with E-state index in [9.17, 15) is 4.79 Å². The summed E-state index contributed by atoms with van der Waals surface area (Å²) in [5.74, 6) is 0.854. The van der Waals surface area contributed by atoms with Gasteiger partial charge in [-0.2, -0.15) is 0 Å². The second kappa shape index (κ2) is 9.18. The van der Waals surface area contributed by atoms with E-state index in [1.165, 1.54) is 5.56 Å². The lowest BCUT2D eigenvalue weighted by Crippen LogP contribution is -2.38. The molecule has 0 aliphatic heterocycles. The minimum Gasteiger partial charge on any atom is -0.493 e. The van der Waals surface area contributed by atoms with Gasteiger partial charge in [-0.15, -0.1) is 0 Å². The number of nitrogens with one attached hydrogen (secondary N) is 2. The monoisotopic (exact) mass is 356 g/mol. The summed E-state index contributed by atoms with van der Waals surface area (Å²) in [6.45, 7) is 7.38. The number of ether oxygens (including phenoxy) is 1. The van der Waals surface area contributed by atoms with Gasteiger partial charge < -0.3 is 10.1 Å². The molecule has 0 bridgehead atoms. The van der Waals surface area contributed by atoms with Crippen LogP contribution in [-0.2, 0) is 6.54 Å². The molecule has 25 heavy (non-hydrogen) atoms. The van der Waals surface area contributed by atoms with Crippen molar-refractivity contribution in [3.8, 4) is 5.75 Å². The minimum absolute atomic E-state index is 0.253. The van der Waals surface area contributed by atoms with Crippen molar-refractivity contribution in [3.05, 3.63) is 65.2 Å². The zero-order valence-corrected chi connectivity index (χ0v) is 15.7. The number of thiocarbonyl (C=S) groups is 1. The third-order valence-corrected chi connectivity index (χ3v) is 3.73. The van der Waals surface area contributed by atoms with Crippen molar-refractivity contribution in [3.63, 3.8) is 0 Å².